The third kappa shape index (κ3) is 3.74. The summed E-state index contributed by atoms with van der Waals surface area (Å²) in [4.78, 5) is 25.2. The highest BCUT2D eigenvalue weighted by Gasteiger charge is 2.22. The van der Waals surface area contributed by atoms with Crippen LogP contribution in [0.3, 0.4) is 0 Å². The second-order valence-corrected chi connectivity index (χ2v) is 8.31. The lowest BCUT2D eigenvalue weighted by Gasteiger charge is -2.07. The number of fused-ring (bicyclic) bond motifs is 1. The van der Waals surface area contributed by atoms with Crippen molar-refractivity contribution in [2.75, 3.05) is 7.11 Å². The average Bonchev–Trinajstić information content (AvgIpc) is 3.34. The van der Waals surface area contributed by atoms with Gasteiger partial charge in [0, 0.05) is 22.4 Å². The highest BCUT2D eigenvalue weighted by molar-refractivity contribution is 7.13. The van der Waals surface area contributed by atoms with Crippen LogP contribution in [0.1, 0.15) is 25.6 Å². The van der Waals surface area contributed by atoms with Crippen molar-refractivity contribution in [1.82, 2.24) is 9.59 Å². The number of hydrogen-bond acceptors (Lipinski definition) is 7. The Morgan fingerprint density at radius 2 is 2.03 bits per heavy atom. The molecule has 0 aliphatic heterocycles. The Balaban J connectivity index is 1.69. The van der Waals surface area contributed by atoms with E-state index >= 15 is 0 Å². The first-order valence-electron chi connectivity index (χ1n) is 8.41. The zero-order valence-corrected chi connectivity index (χ0v) is 17.4. The lowest BCUT2D eigenvalue weighted by Crippen LogP contribution is -2.07. The zero-order chi connectivity index (χ0) is 20.5. The van der Waals surface area contributed by atoms with E-state index in [0.717, 1.165) is 4.70 Å². The molecule has 0 bridgehead atoms. The molecular weight excluding hydrogens is 432 g/mol. The number of carboxylic acids is 1. The molecule has 0 saturated heterocycles. The van der Waals surface area contributed by atoms with Gasteiger partial charge in [-0.1, -0.05) is 22.2 Å². The minimum atomic E-state index is -1.09. The third-order valence-corrected chi connectivity index (χ3v) is 6.44. The van der Waals surface area contributed by atoms with Gasteiger partial charge in [-0.2, -0.15) is 0 Å². The average molecular weight is 445 g/mol. The second-order valence-electron chi connectivity index (χ2n) is 6.16. The summed E-state index contributed by atoms with van der Waals surface area (Å²) < 4.78 is 9.98. The van der Waals surface area contributed by atoms with Gasteiger partial charge in [0.15, 0.2) is 5.78 Å². The predicted octanol–water partition coefficient (Wildman–Crippen LogP) is 5.21. The third-order valence-electron chi connectivity index (χ3n) is 4.43. The van der Waals surface area contributed by atoms with Crippen LogP contribution in [0.15, 0.2) is 41.8 Å². The van der Waals surface area contributed by atoms with E-state index in [-0.39, 0.29) is 17.8 Å². The highest BCUT2D eigenvalue weighted by atomic mass is 35.5. The van der Waals surface area contributed by atoms with Gasteiger partial charge in [0.2, 0.25) is 0 Å². The van der Waals surface area contributed by atoms with Crippen LogP contribution in [-0.4, -0.2) is 33.6 Å². The summed E-state index contributed by atoms with van der Waals surface area (Å²) in [5, 5.41) is 16.0. The number of methoxy groups -OCH3 is 1. The molecule has 0 spiro atoms. The summed E-state index contributed by atoms with van der Waals surface area (Å²) in [5.41, 5.74) is 2.43. The molecule has 0 aliphatic rings. The van der Waals surface area contributed by atoms with Crippen LogP contribution in [0.4, 0.5) is 0 Å². The number of carbonyl (C=O) groups is 2. The Hall–Kier alpha value is -2.81. The quantitative estimate of drug-likeness (QED) is 0.411. The van der Waals surface area contributed by atoms with Gasteiger partial charge in [-0.05, 0) is 52.8 Å². The van der Waals surface area contributed by atoms with Crippen LogP contribution in [0.25, 0.3) is 21.3 Å². The van der Waals surface area contributed by atoms with Gasteiger partial charge >= 0.3 is 5.97 Å². The molecule has 2 heterocycles. The summed E-state index contributed by atoms with van der Waals surface area (Å²) >= 11 is 8.57. The minimum Gasteiger partial charge on any atom is -0.495 e. The number of aromatic nitrogens is 2. The van der Waals surface area contributed by atoms with Gasteiger partial charge in [-0.15, -0.1) is 16.4 Å². The van der Waals surface area contributed by atoms with E-state index in [1.165, 1.54) is 30.0 Å². The largest absolute Gasteiger partial charge is 0.495 e. The number of rotatable bonds is 6. The summed E-state index contributed by atoms with van der Waals surface area (Å²) in [6, 6.07) is 10.3. The van der Waals surface area contributed by atoms with Gasteiger partial charge in [0.1, 0.15) is 11.3 Å². The molecule has 0 amide bonds. The van der Waals surface area contributed by atoms with E-state index in [4.69, 9.17) is 16.3 Å². The molecule has 0 saturated carbocycles. The Morgan fingerprint density at radius 3 is 2.79 bits per heavy atom. The molecule has 0 unspecified atom stereocenters. The maximum Gasteiger partial charge on any atom is 0.337 e. The van der Waals surface area contributed by atoms with E-state index in [1.807, 2.05) is 0 Å². The Morgan fingerprint density at radius 1 is 1.21 bits per heavy atom. The zero-order valence-electron chi connectivity index (χ0n) is 15.0. The second kappa shape index (κ2) is 7.90. The number of ether oxygens (including phenoxy) is 1. The van der Waals surface area contributed by atoms with Crippen molar-refractivity contribution in [2.24, 2.45) is 0 Å². The van der Waals surface area contributed by atoms with Crippen LogP contribution in [0.5, 0.6) is 5.75 Å². The normalized spacial score (nSPS) is 11.0. The number of Topliss-reactive ketones (excluding diaryl/α,β-unsaturated/α-hetero) is 1. The van der Waals surface area contributed by atoms with Gasteiger partial charge < -0.3 is 9.84 Å². The van der Waals surface area contributed by atoms with Crippen molar-refractivity contribution in [1.29, 1.82) is 0 Å². The Bertz CT molecular complexity index is 1250. The smallest absolute Gasteiger partial charge is 0.337 e. The first-order chi connectivity index (χ1) is 14.0. The molecule has 2 aromatic heterocycles. The number of nitrogens with zero attached hydrogens (tertiary/aromatic N) is 2. The van der Waals surface area contributed by atoms with E-state index in [0.29, 0.717) is 37.9 Å². The van der Waals surface area contributed by atoms with E-state index in [9.17, 15) is 14.7 Å². The van der Waals surface area contributed by atoms with Gasteiger partial charge in [0.05, 0.1) is 22.4 Å². The summed E-state index contributed by atoms with van der Waals surface area (Å²) in [6.45, 7) is 0. The fourth-order valence-corrected chi connectivity index (χ4v) is 4.78. The molecule has 4 rings (SSSR count). The molecule has 146 valence electrons. The number of hydrogen-bond donors (Lipinski definition) is 1. The van der Waals surface area contributed by atoms with Crippen LogP contribution in [0.2, 0.25) is 5.02 Å². The van der Waals surface area contributed by atoms with Crippen LogP contribution in [-0.2, 0) is 6.42 Å². The van der Waals surface area contributed by atoms with Crippen molar-refractivity contribution >= 4 is 56.4 Å². The lowest BCUT2D eigenvalue weighted by atomic mass is 9.99. The summed E-state index contributed by atoms with van der Waals surface area (Å²) in [6.07, 6.45) is -0.0138. The molecule has 2 aromatic carbocycles. The molecule has 0 aliphatic carbocycles. The maximum absolute atomic E-state index is 12.8. The number of carboxylic acid groups (broad SMARTS) is 1. The SMILES string of the molecule is COc1cc(-c2csc(CC(=O)c3ccc4snnc4c3)c2C(=O)O)ccc1Cl. The summed E-state index contributed by atoms with van der Waals surface area (Å²) in [5.74, 6) is -0.809. The fraction of sp³-hybridized carbons (Fsp3) is 0.100. The molecule has 4 aromatic rings. The van der Waals surface area contributed by atoms with E-state index in [2.05, 4.69) is 9.59 Å². The van der Waals surface area contributed by atoms with Crippen molar-refractivity contribution < 1.29 is 19.4 Å². The van der Waals surface area contributed by atoms with Gasteiger partial charge in [-0.25, -0.2) is 4.79 Å². The number of aromatic carboxylic acids is 1. The van der Waals surface area contributed by atoms with Crippen molar-refractivity contribution in [3.63, 3.8) is 0 Å². The monoisotopic (exact) mass is 444 g/mol. The number of thiophene rings is 1. The Kier molecular flexibility index (Phi) is 5.31. The molecule has 0 radical (unpaired) electrons. The first kappa shape index (κ1) is 19.5. The predicted molar refractivity (Wildman–Crippen MR) is 114 cm³/mol. The van der Waals surface area contributed by atoms with Crippen LogP contribution in [0, 0.1) is 0 Å². The molecule has 0 fully saturated rings. The maximum atomic E-state index is 12.8. The van der Waals surface area contributed by atoms with E-state index in [1.54, 1.807) is 41.8 Å². The standard InChI is InChI=1S/C20H13ClN2O4S2/c1-27-16-7-10(2-4-13(16)21)12-9-28-18(19(12)20(25)26)8-15(24)11-3-5-17-14(6-11)22-23-29-17/h2-7,9H,8H2,1H3,(H,25,26). The van der Waals surface area contributed by atoms with Crippen LogP contribution < -0.4 is 4.74 Å². The molecule has 1 N–H and O–H groups in total. The van der Waals surface area contributed by atoms with Gasteiger partial charge in [-0.3, -0.25) is 4.79 Å². The van der Waals surface area contributed by atoms with Crippen molar-refractivity contribution in [3.8, 4) is 16.9 Å². The van der Waals surface area contributed by atoms with E-state index < -0.39 is 5.97 Å². The first-order valence-corrected chi connectivity index (χ1v) is 10.4. The highest BCUT2D eigenvalue weighted by Crippen LogP contribution is 2.36. The molecule has 0 atom stereocenters. The molecular formula is C20H13ClN2O4S2. The number of benzene rings is 2. The number of ketones is 1. The number of carbonyl (C=O) groups excluding carboxylic acids is 1. The Labute approximate surface area is 178 Å². The van der Waals surface area contributed by atoms with Crippen molar-refractivity contribution in [3.05, 3.63) is 62.8 Å². The van der Waals surface area contributed by atoms with Crippen molar-refractivity contribution in [2.45, 2.75) is 6.42 Å². The summed E-state index contributed by atoms with van der Waals surface area (Å²) in [7, 11) is 1.50. The fourth-order valence-electron chi connectivity index (χ4n) is 3.00. The minimum absolute atomic E-state index is 0.0138. The molecule has 6 nitrogen and oxygen atoms in total. The molecule has 9 heteroatoms. The lowest BCUT2D eigenvalue weighted by molar-refractivity contribution is 0.0697. The van der Waals surface area contributed by atoms with Gasteiger partial charge in [0.25, 0.3) is 0 Å². The topological polar surface area (TPSA) is 89.4 Å². The molecule has 29 heavy (non-hydrogen) atoms. The number of halogens is 1. The van der Waals surface area contributed by atoms with Crippen LogP contribution >= 0.6 is 34.5 Å².